The van der Waals surface area contributed by atoms with Gasteiger partial charge in [-0.2, -0.15) is 0 Å². The molecule has 2 aromatic rings. The van der Waals surface area contributed by atoms with E-state index >= 15 is 0 Å². The maximum absolute atomic E-state index is 11.4. The number of carbonyl (C=O) groups is 2. The lowest BCUT2D eigenvalue weighted by Crippen LogP contribution is -2.07. The third-order valence-corrected chi connectivity index (χ3v) is 3.86. The van der Waals surface area contributed by atoms with E-state index in [1.165, 1.54) is 6.08 Å². The van der Waals surface area contributed by atoms with E-state index in [9.17, 15) is 9.59 Å². The predicted molar refractivity (Wildman–Crippen MR) is 80.7 cm³/mol. The normalized spacial score (nSPS) is 14.7. The molecule has 0 radical (unpaired) electrons. The second kappa shape index (κ2) is 5.20. The van der Waals surface area contributed by atoms with Gasteiger partial charge in [0.1, 0.15) is 0 Å². The average molecular weight is 283 g/mol. The van der Waals surface area contributed by atoms with Crippen molar-refractivity contribution in [3.8, 4) is 0 Å². The molecule has 0 fully saturated rings. The number of esters is 1. The highest BCUT2D eigenvalue weighted by molar-refractivity contribution is 6.43. The van der Waals surface area contributed by atoms with Crippen molar-refractivity contribution < 1.29 is 14.3 Å². The van der Waals surface area contributed by atoms with E-state index < -0.39 is 11.8 Å². The molecule has 3 rings (SSSR count). The Morgan fingerprint density at radius 2 is 1.95 bits per heavy atom. The summed E-state index contributed by atoms with van der Waals surface area (Å²) in [5.74, 6) is -1.01. The van der Waals surface area contributed by atoms with Crippen molar-refractivity contribution in [1.29, 1.82) is 0 Å². The van der Waals surface area contributed by atoms with Gasteiger partial charge in [0.05, 0.1) is 5.69 Å². The van der Waals surface area contributed by atoms with Crippen LogP contribution in [0.4, 0.5) is 0 Å². The number of ether oxygens (including phenoxy) is 1. The zero-order valence-electron chi connectivity index (χ0n) is 12.2. The Balaban J connectivity index is 2.21. The highest BCUT2D eigenvalue weighted by atomic mass is 16.5. The second-order valence-corrected chi connectivity index (χ2v) is 5.26. The van der Waals surface area contributed by atoms with E-state index in [1.54, 1.807) is 0 Å². The van der Waals surface area contributed by atoms with Gasteiger partial charge in [-0.25, -0.2) is 4.79 Å². The van der Waals surface area contributed by atoms with E-state index in [0.29, 0.717) is 5.76 Å². The van der Waals surface area contributed by atoms with Crippen LogP contribution >= 0.6 is 0 Å². The summed E-state index contributed by atoms with van der Waals surface area (Å²) >= 11 is 0. The number of unbranched alkanes of at least 4 members (excludes halogenated alkanes) is 1. The number of benzene rings is 1. The lowest BCUT2D eigenvalue weighted by Gasteiger charge is -2.11. The molecule has 0 unspecified atom stereocenters. The molecule has 4 nitrogen and oxygen atoms in total. The van der Waals surface area contributed by atoms with Crippen LogP contribution in [-0.2, 0) is 20.9 Å². The first-order valence-electron chi connectivity index (χ1n) is 7.19. The number of aryl methyl sites for hydroxylation is 2. The number of carbonyl (C=O) groups excluding carboxylic acids is 2. The van der Waals surface area contributed by atoms with Gasteiger partial charge < -0.3 is 9.30 Å². The highest BCUT2D eigenvalue weighted by Crippen LogP contribution is 2.33. The van der Waals surface area contributed by atoms with Crippen LogP contribution in [0.25, 0.3) is 16.7 Å². The minimum absolute atomic E-state index is 0.370. The van der Waals surface area contributed by atoms with Crippen LogP contribution in [0, 0.1) is 6.92 Å². The Kier molecular flexibility index (Phi) is 3.37. The molecule has 108 valence electrons. The van der Waals surface area contributed by atoms with Crippen LogP contribution < -0.4 is 0 Å². The molecule has 1 aromatic heterocycles. The van der Waals surface area contributed by atoms with Gasteiger partial charge in [-0.3, -0.25) is 4.79 Å². The fraction of sp³-hybridized carbons (Fsp3) is 0.294. The van der Waals surface area contributed by atoms with Gasteiger partial charge in [0.25, 0.3) is 5.78 Å². The van der Waals surface area contributed by atoms with Gasteiger partial charge in [-0.1, -0.05) is 31.5 Å². The monoisotopic (exact) mass is 283 g/mol. The number of fused-ring (bicyclic) bond motifs is 1. The Labute approximate surface area is 123 Å². The maximum Gasteiger partial charge on any atom is 0.384 e. The first-order chi connectivity index (χ1) is 10.1. The van der Waals surface area contributed by atoms with Crippen LogP contribution in [-0.4, -0.2) is 16.3 Å². The zero-order chi connectivity index (χ0) is 15.0. The number of ketones is 1. The number of para-hydroxylation sites is 1. The maximum atomic E-state index is 11.4. The summed E-state index contributed by atoms with van der Waals surface area (Å²) in [5.41, 5.74) is 2.98. The highest BCUT2D eigenvalue weighted by Gasteiger charge is 2.29. The van der Waals surface area contributed by atoms with Crippen LogP contribution in [0.15, 0.2) is 30.3 Å². The second-order valence-electron chi connectivity index (χ2n) is 5.26. The van der Waals surface area contributed by atoms with E-state index in [4.69, 9.17) is 4.74 Å². The van der Waals surface area contributed by atoms with E-state index in [-0.39, 0.29) is 0 Å². The molecule has 0 atom stereocenters. The molecule has 0 saturated carbocycles. The Morgan fingerprint density at radius 3 is 2.62 bits per heavy atom. The number of hydrogen-bond donors (Lipinski definition) is 0. The SMILES string of the molecule is CCCCn1c(C2=CC(=O)C(=O)O2)c(C)c2ccccc21. The van der Waals surface area contributed by atoms with Gasteiger partial charge in [-0.05, 0) is 25.0 Å². The molecule has 1 aliphatic rings. The molecule has 4 heteroatoms. The summed E-state index contributed by atoms with van der Waals surface area (Å²) in [6.07, 6.45) is 3.40. The lowest BCUT2D eigenvalue weighted by atomic mass is 10.1. The van der Waals surface area contributed by atoms with Crippen molar-refractivity contribution >= 4 is 28.4 Å². The van der Waals surface area contributed by atoms with E-state index in [1.807, 2.05) is 19.1 Å². The van der Waals surface area contributed by atoms with Gasteiger partial charge in [-0.15, -0.1) is 0 Å². The van der Waals surface area contributed by atoms with Crippen LogP contribution in [0.3, 0.4) is 0 Å². The number of nitrogens with zero attached hydrogens (tertiary/aromatic N) is 1. The quantitative estimate of drug-likeness (QED) is 0.639. The Bertz CT molecular complexity index is 768. The lowest BCUT2D eigenvalue weighted by molar-refractivity contribution is -0.144. The fourth-order valence-electron chi connectivity index (χ4n) is 2.82. The largest absolute Gasteiger partial charge is 0.418 e. The first-order valence-corrected chi connectivity index (χ1v) is 7.19. The Hall–Kier alpha value is -2.36. The van der Waals surface area contributed by atoms with Crippen molar-refractivity contribution in [2.75, 3.05) is 0 Å². The summed E-state index contributed by atoms with van der Waals surface area (Å²) < 4.78 is 7.29. The molecule has 0 bridgehead atoms. The van der Waals surface area contributed by atoms with Crippen molar-refractivity contribution in [1.82, 2.24) is 4.57 Å². The van der Waals surface area contributed by atoms with Crippen LogP contribution in [0.1, 0.15) is 31.0 Å². The van der Waals surface area contributed by atoms with Crippen molar-refractivity contribution in [2.45, 2.75) is 33.2 Å². The molecule has 0 spiro atoms. The zero-order valence-corrected chi connectivity index (χ0v) is 12.2. The molecular formula is C17H17NO3. The van der Waals surface area contributed by atoms with Crippen LogP contribution in [0.2, 0.25) is 0 Å². The minimum atomic E-state index is -0.795. The smallest absolute Gasteiger partial charge is 0.384 e. The standard InChI is InChI=1S/C17H17NO3/c1-3-4-9-18-13-8-6-5-7-12(13)11(2)16(18)15-10-14(19)17(20)21-15/h5-8,10H,3-4,9H2,1-2H3. The first kappa shape index (κ1) is 13.6. The molecule has 21 heavy (non-hydrogen) atoms. The topological polar surface area (TPSA) is 48.3 Å². The summed E-state index contributed by atoms with van der Waals surface area (Å²) in [7, 11) is 0. The van der Waals surface area contributed by atoms with E-state index in [0.717, 1.165) is 41.5 Å². The number of cyclic esters (lactones) is 1. The molecule has 1 aliphatic heterocycles. The molecular weight excluding hydrogens is 266 g/mol. The molecule has 0 saturated heterocycles. The fourth-order valence-corrected chi connectivity index (χ4v) is 2.82. The van der Waals surface area contributed by atoms with Crippen LogP contribution in [0.5, 0.6) is 0 Å². The summed E-state index contributed by atoms with van der Waals surface area (Å²) in [5, 5.41) is 1.12. The summed E-state index contributed by atoms with van der Waals surface area (Å²) in [6.45, 7) is 4.97. The number of hydrogen-bond acceptors (Lipinski definition) is 3. The number of rotatable bonds is 4. The van der Waals surface area contributed by atoms with Crippen molar-refractivity contribution in [2.24, 2.45) is 0 Å². The van der Waals surface area contributed by atoms with Gasteiger partial charge in [0.2, 0.25) is 0 Å². The van der Waals surface area contributed by atoms with E-state index in [2.05, 4.69) is 23.6 Å². The van der Waals surface area contributed by atoms with Crippen molar-refractivity contribution in [3.05, 3.63) is 41.6 Å². The van der Waals surface area contributed by atoms with Crippen molar-refractivity contribution in [3.63, 3.8) is 0 Å². The molecule has 0 aliphatic carbocycles. The summed E-state index contributed by atoms with van der Waals surface area (Å²) in [4.78, 5) is 22.8. The molecule has 0 N–H and O–H groups in total. The predicted octanol–water partition coefficient (Wildman–Crippen LogP) is 3.22. The molecule has 1 aromatic carbocycles. The van der Waals surface area contributed by atoms with Gasteiger partial charge in [0.15, 0.2) is 5.76 Å². The minimum Gasteiger partial charge on any atom is -0.418 e. The molecule has 2 heterocycles. The third kappa shape index (κ3) is 2.17. The third-order valence-electron chi connectivity index (χ3n) is 3.86. The van der Waals surface area contributed by atoms with Gasteiger partial charge >= 0.3 is 5.97 Å². The molecule has 0 amide bonds. The number of aromatic nitrogens is 1. The Morgan fingerprint density at radius 1 is 1.19 bits per heavy atom. The average Bonchev–Trinajstić information content (AvgIpc) is 2.95. The van der Waals surface area contributed by atoms with Gasteiger partial charge in [0, 0.05) is 23.5 Å². The summed E-state index contributed by atoms with van der Waals surface area (Å²) in [6, 6.07) is 8.09.